The van der Waals surface area contributed by atoms with Crippen LogP contribution in [0, 0.1) is 5.92 Å². The smallest absolute Gasteiger partial charge is 0.407 e. The number of benzene rings is 1. The highest BCUT2D eigenvalue weighted by Crippen LogP contribution is 2.06. The second-order valence-electron chi connectivity index (χ2n) is 8.12. The van der Waals surface area contributed by atoms with Gasteiger partial charge in [0.2, 0.25) is 0 Å². The molecule has 2 amide bonds. The lowest BCUT2D eigenvalue weighted by atomic mass is 10.1. The van der Waals surface area contributed by atoms with Crippen LogP contribution in [0.1, 0.15) is 45.7 Å². The highest BCUT2D eigenvalue weighted by Gasteiger charge is 2.15. The number of nitrogens with one attached hydrogen (secondary N) is 2. The molecule has 1 aromatic rings. The van der Waals surface area contributed by atoms with Crippen LogP contribution >= 0.6 is 0 Å². The first-order valence-electron chi connectivity index (χ1n) is 10.9. The molecule has 188 valence electrons. The van der Waals surface area contributed by atoms with Crippen LogP contribution in [0.5, 0.6) is 0 Å². The minimum atomic E-state index is -0.655. The molecule has 0 bridgehead atoms. The molecule has 34 heavy (non-hydrogen) atoms. The molecule has 10 heteroatoms. The molecule has 0 radical (unpaired) electrons. The van der Waals surface area contributed by atoms with Crippen LogP contribution in [-0.4, -0.2) is 49.5 Å². The number of alkyl carbamates (subject to hydrolysis) is 2. The summed E-state index contributed by atoms with van der Waals surface area (Å²) in [6.07, 6.45) is -2.50. The number of rotatable bonds is 12. The van der Waals surface area contributed by atoms with Crippen molar-refractivity contribution < 1.29 is 38.1 Å². The average molecular weight is 479 g/mol. The van der Waals surface area contributed by atoms with Gasteiger partial charge in [-0.15, -0.1) is 0 Å². The summed E-state index contributed by atoms with van der Waals surface area (Å²) in [4.78, 5) is 46.7. The fourth-order valence-electron chi connectivity index (χ4n) is 2.40. The van der Waals surface area contributed by atoms with E-state index in [4.69, 9.17) is 18.9 Å². The van der Waals surface area contributed by atoms with E-state index in [0.29, 0.717) is 0 Å². The lowest BCUT2D eigenvalue weighted by Gasteiger charge is -2.15. The number of amides is 2. The molecule has 0 spiro atoms. The predicted molar refractivity (Wildman–Crippen MR) is 124 cm³/mol. The van der Waals surface area contributed by atoms with E-state index in [1.807, 2.05) is 18.2 Å². The molecule has 0 aliphatic carbocycles. The van der Waals surface area contributed by atoms with E-state index < -0.39 is 30.4 Å². The van der Waals surface area contributed by atoms with Crippen LogP contribution in [0.4, 0.5) is 9.59 Å². The highest BCUT2D eigenvalue weighted by molar-refractivity contribution is 5.86. The summed E-state index contributed by atoms with van der Waals surface area (Å²) in [5.41, 5.74) is 1.85. The first kappa shape index (κ1) is 28.5. The van der Waals surface area contributed by atoms with Gasteiger partial charge in [0, 0.05) is 18.7 Å². The molecule has 0 aromatic heterocycles. The quantitative estimate of drug-likeness (QED) is 0.266. The van der Waals surface area contributed by atoms with Crippen LogP contribution < -0.4 is 10.6 Å². The lowest BCUT2D eigenvalue weighted by Crippen LogP contribution is -2.31. The van der Waals surface area contributed by atoms with Gasteiger partial charge in [-0.2, -0.15) is 0 Å². The fraction of sp³-hybridized carbons (Fsp3) is 0.500. The van der Waals surface area contributed by atoms with Crippen LogP contribution in [0.3, 0.4) is 0 Å². The molecule has 0 saturated heterocycles. The Labute approximate surface area is 200 Å². The van der Waals surface area contributed by atoms with Gasteiger partial charge in [0.15, 0.2) is 0 Å². The summed E-state index contributed by atoms with van der Waals surface area (Å²) in [6.45, 7) is 12.0. The monoisotopic (exact) mass is 478 g/mol. The summed E-state index contributed by atoms with van der Waals surface area (Å²) in [5, 5.41) is 5.24. The summed E-state index contributed by atoms with van der Waals surface area (Å²) >= 11 is 0. The third-order valence-electron chi connectivity index (χ3n) is 4.21. The normalized spacial score (nSPS) is 12.2. The number of carbonyl (C=O) groups excluding carboxylic acids is 4. The number of ether oxygens (including phenoxy) is 4. The maximum atomic E-state index is 12.0. The van der Waals surface area contributed by atoms with Crippen LogP contribution in [0.25, 0.3) is 0 Å². The molecule has 10 nitrogen and oxygen atoms in total. The Balaban J connectivity index is 2.38. The Morgan fingerprint density at radius 1 is 0.853 bits per heavy atom. The summed E-state index contributed by atoms with van der Waals surface area (Å²) < 4.78 is 20.3. The molecule has 0 aliphatic rings. The zero-order valence-electron chi connectivity index (χ0n) is 20.3. The van der Waals surface area contributed by atoms with Gasteiger partial charge in [0.25, 0.3) is 0 Å². The van der Waals surface area contributed by atoms with E-state index in [1.165, 1.54) is 6.92 Å². The standard InChI is InChI=1S/C24H34N2O8/c1-15(2)21(27)31-13-17(5)33-23(29)25-11-19-8-7-9-20(10-19)12-26-24(30)34-18(6)14-32-22(28)16(3)4/h7-10,16-18H,1,11-14H2,2-6H3,(H,25,29)(H,26,30). The largest absolute Gasteiger partial charge is 0.462 e. The highest BCUT2D eigenvalue weighted by atomic mass is 16.6. The van der Waals surface area contributed by atoms with Crippen molar-refractivity contribution in [1.82, 2.24) is 10.6 Å². The number of hydrogen-bond acceptors (Lipinski definition) is 8. The van der Waals surface area contributed by atoms with E-state index in [1.54, 1.807) is 33.8 Å². The zero-order valence-corrected chi connectivity index (χ0v) is 20.3. The van der Waals surface area contributed by atoms with Gasteiger partial charge < -0.3 is 29.6 Å². The van der Waals surface area contributed by atoms with Gasteiger partial charge in [-0.05, 0) is 31.9 Å². The fourth-order valence-corrected chi connectivity index (χ4v) is 2.40. The molecule has 2 unspecified atom stereocenters. The Morgan fingerprint density at radius 2 is 1.32 bits per heavy atom. The minimum Gasteiger partial charge on any atom is -0.462 e. The van der Waals surface area contributed by atoms with Gasteiger partial charge in [0.1, 0.15) is 25.4 Å². The topological polar surface area (TPSA) is 129 Å². The SMILES string of the molecule is C=C(C)C(=O)OCC(C)OC(=O)NCc1cccc(CNC(=O)OC(C)COC(=O)C(C)C)c1. The van der Waals surface area contributed by atoms with Crippen molar-refractivity contribution in [2.24, 2.45) is 5.92 Å². The van der Waals surface area contributed by atoms with E-state index in [9.17, 15) is 19.2 Å². The van der Waals surface area contributed by atoms with E-state index in [-0.39, 0.29) is 43.8 Å². The van der Waals surface area contributed by atoms with Gasteiger partial charge in [-0.3, -0.25) is 4.79 Å². The van der Waals surface area contributed by atoms with Crippen molar-refractivity contribution in [3.05, 3.63) is 47.5 Å². The zero-order chi connectivity index (χ0) is 25.7. The van der Waals surface area contributed by atoms with Gasteiger partial charge >= 0.3 is 24.1 Å². The minimum absolute atomic E-state index is 0.0172. The third-order valence-corrected chi connectivity index (χ3v) is 4.21. The molecule has 0 fully saturated rings. The maximum Gasteiger partial charge on any atom is 0.407 e. The molecule has 0 aliphatic heterocycles. The summed E-state index contributed by atoms with van der Waals surface area (Å²) in [5.74, 6) is -1.15. The van der Waals surface area contributed by atoms with Crippen LogP contribution in [0.15, 0.2) is 36.4 Å². The van der Waals surface area contributed by atoms with Gasteiger partial charge in [-0.25, -0.2) is 14.4 Å². The van der Waals surface area contributed by atoms with E-state index in [2.05, 4.69) is 17.2 Å². The first-order valence-corrected chi connectivity index (χ1v) is 10.9. The third kappa shape index (κ3) is 11.9. The second-order valence-corrected chi connectivity index (χ2v) is 8.12. The van der Waals surface area contributed by atoms with E-state index >= 15 is 0 Å². The molecule has 1 aromatic carbocycles. The summed E-state index contributed by atoms with van der Waals surface area (Å²) in [6, 6.07) is 7.23. The van der Waals surface area contributed by atoms with Crippen molar-refractivity contribution in [3.8, 4) is 0 Å². The van der Waals surface area contributed by atoms with E-state index in [0.717, 1.165) is 11.1 Å². The van der Waals surface area contributed by atoms with Crippen molar-refractivity contribution in [1.29, 1.82) is 0 Å². The van der Waals surface area contributed by atoms with Crippen molar-refractivity contribution in [2.75, 3.05) is 13.2 Å². The Kier molecular flexibility index (Phi) is 12.2. The van der Waals surface area contributed by atoms with Crippen molar-refractivity contribution in [3.63, 3.8) is 0 Å². The van der Waals surface area contributed by atoms with Crippen LogP contribution in [-0.2, 0) is 41.6 Å². The number of carbonyl (C=O) groups is 4. The lowest BCUT2D eigenvalue weighted by molar-refractivity contribution is -0.150. The van der Waals surface area contributed by atoms with Crippen molar-refractivity contribution >= 4 is 24.1 Å². The Hall–Kier alpha value is -3.56. The number of hydrogen-bond donors (Lipinski definition) is 2. The molecule has 2 N–H and O–H groups in total. The van der Waals surface area contributed by atoms with Crippen LogP contribution in [0.2, 0.25) is 0 Å². The van der Waals surface area contributed by atoms with Gasteiger partial charge in [0.05, 0.1) is 5.92 Å². The Morgan fingerprint density at radius 3 is 1.76 bits per heavy atom. The molecule has 0 saturated carbocycles. The Bertz CT molecular complexity index is 868. The second kappa shape index (κ2) is 14.6. The molecule has 2 atom stereocenters. The number of esters is 2. The average Bonchev–Trinajstić information content (AvgIpc) is 2.78. The predicted octanol–water partition coefficient (Wildman–Crippen LogP) is 3.23. The molecule has 0 heterocycles. The summed E-state index contributed by atoms with van der Waals surface area (Å²) in [7, 11) is 0. The molecular formula is C24H34N2O8. The maximum absolute atomic E-state index is 12.0. The van der Waals surface area contributed by atoms with Crippen molar-refractivity contribution in [2.45, 2.75) is 59.9 Å². The van der Waals surface area contributed by atoms with Gasteiger partial charge in [-0.1, -0.05) is 44.7 Å². The molecular weight excluding hydrogens is 444 g/mol. The molecule has 1 rings (SSSR count). The first-order chi connectivity index (χ1) is 16.0.